The Kier molecular flexibility index (Phi) is 5.51. The molecule has 1 amide bonds. The number of aromatic nitrogens is 2. The van der Waals surface area contributed by atoms with E-state index in [0.29, 0.717) is 35.5 Å². The lowest BCUT2D eigenvalue weighted by Gasteiger charge is -2.33. The Morgan fingerprint density at radius 1 is 1.06 bits per heavy atom. The number of likely N-dealkylation sites (tertiary alicyclic amines) is 1. The van der Waals surface area contributed by atoms with E-state index in [2.05, 4.69) is 19.9 Å². The smallest absolute Gasteiger partial charge is 0.285 e. The summed E-state index contributed by atoms with van der Waals surface area (Å²) >= 11 is 1.48. The van der Waals surface area contributed by atoms with Crippen molar-refractivity contribution in [1.82, 2.24) is 15.1 Å². The molecule has 3 aliphatic rings. The topological polar surface area (TPSA) is 105 Å². The normalized spacial score (nSPS) is 23.3. The number of carbonyl (C=O) groups excluding carboxylic acids is 1. The van der Waals surface area contributed by atoms with E-state index in [9.17, 15) is 13.2 Å². The second kappa shape index (κ2) is 8.31. The molecule has 2 aliphatic heterocycles. The van der Waals surface area contributed by atoms with Crippen LogP contribution >= 0.6 is 11.3 Å². The highest BCUT2D eigenvalue weighted by molar-refractivity contribution is 7.90. The maximum absolute atomic E-state index is 12.9. The van der Waals surface area contributed by atoms with Crippen molar-refractivity contribution in [3.63, 3.8) is 0 Å². The minimum Gasteiger partial charge on any atom is -0.355 e. The maximum Gasteiger partial charge on any atom is 0.285 e. The molecule has 1 aromatic heterocycles. The lowest BCUT2D eigenvalue weighted by Crippen LogP contribution is -2.43. The van der Waals surface area contributed by atoms with Crippen LogP contribution in [0.1, 0.15) is 61.4 Å². The molecular weight excluding hydrogens is 434 g/mol. The molecule has 31 heavy (non-hydrogen) atoms. The van der Waals surface area contributed by atoms with E-state index in [1.807, 2.05) is 11.0 Å². The van der Waals surface area contributed by atoms with Gasteiger partial charge in [0.2, 0.25) is 11.0 Å². The number of benzene rings is 1. The molecule has 0 bridgehead atoms. The number of hydrogen-bond donors (Lipinski definition) is 1. The molecule has 0 spiro atoms. The van der Waals surface area contributed by atoms with Gasteiger partial charge in [-0.15, -0.1) is 14.6 Å². The van der Waals surface area contributed by atoms with Crippen LogP contribution in [0.3, 0.4) is 0 Å². The standard InChI is InChI=1S/C21H25N5O3S2/c27-19(22-21-24-23-20(30-21)14-7-2-1-3-8-14)15-9-6-12-26(13-15)18-16-10-4-5-11-17(16)31(28,29)25-18/h4-5,10-11,14-15H,1-3,6-9,12-13H2,(H,22,24,27)/t15-/m0/s1. The van der Waals surface area contributed by atoms with Gasteiger partial charge in [-0.05, 0) is 37.8 Å². The molecule has 1 saturated heterocycles. The summed E-state index contributed by atoms with van der Waals surface area (Å²) in [5.41, 5.74) is 0.616. The van der Waals surface area contributed by atoms with E-state index in [-0.39, 0.29) is 16.7 Å². The number of fused-ring (bicyclic) bond motifs is 1. The van der Waals surface area contributed by atoms with Gasteiger partial charge in [-0.25, -0.2) is 0 Å². The molecule has 1 N–H and O–H groups in total. The number of amides is 1. The zero-order valence-electron chi connectivity index (χ0n) is 17.2. The Morgan fingerprint density at radius 3 is 2.71 bits per heavy atom. The van der Waals surface area contributed by atoms with E-state index < -0.39 is 10.0 Å². The van der Waals surface area contributed by atoms with Crippen molar-refractivity contribution >= 4 is 38.2 Å². The Morgan fingerprint density at radius 2 is 1.87 bits per heavy atom. The monoisotopic (exact) mass is 459 g/mol. The van der Waals surface area contributed by atoms with Crippen LogP contribution in [0.25, 0.3) is 0 Å². The maximum atomic E-state index is 12.9. The molecule has 164 valence electrons. The fraction of sp³-hybridized carbons (Fsp3) is 0.524. The summed E-state index contributed by atoms with van der Waals surface area (Å²) in [6, 6.07) is 6.86. The molecule has 3 heterocycles. The van der Waals surface area contributed by atoms with Crippen LogP contribution < -0.4 is 5.32 Å². The summed E-state index contributed by atoms with van der Waals surface area (Å²) in [6.45, 7) is 1.11. The molecule has 1 aliphatic carbocycles. The highest BCUT2D eigenvalue weighted by atomic mass is 32.2. The molecule has 2 aromatic rings. The third-order valence-electron chi connectivity index (χ3n) is 6.33. The molecule has 1 aromatic carbocycles. The molecule has 8 nitrogen and oxygen atoms in total. The molecule has 1 atom stereocenters. The quantitative estimate of drug-likeness (QED) is 0.754. The summed E-state index contributed by atoms with van der Waals surface area (Å²) in [4.78, 5) is 15.1. The summed E-state index contributed by atoms with van der Waals surface area (Å²) in [7, 11) is -3.67. The van der Waals surface area contributed by atoms with E-state index in [0.717, 1.165) is 30.7 Å². The van der Waals surface area contributed by atoms with Crippen molar-refractivity contribution in [2.24, 2.45) is 10.3 Å². The van der Waals surface area contributed by atoms with Crippen molar-refractivity contribution in [3.05, 3.63) is 34.8 Å². The van der Waals surface area contributed by atoms with Gasteiger partial charge in [-0.1, -0.05) is 42.7 Å². The number of amidine groups is 1. The molecule has 0 unspecified atom stereocenters. The summed E-state index contributed by atoms with van der Waals surface area (Å²) in [5.74, 6) is 0.563. The Labute approximate surface area is 185 Å². The van der Waals surface area contributed by atoms with Crippen LogP contribution in [-0.4, -0.2) is 48.3 Å². The first-order valence-corrected chi connectivity index (χ1v) is 13.1. The van der Waals surface area contributed by atoms with Crippen molar-refractivity contribution in [2.75, 3.05) is 18.4 Å². The predicted octanol–water partition coefficient (Wildman–Crippen LogP) is 3.39. The Hall–Kier alpha value is -2.33. The number of anilines is 1. The van der Waals surface area contributed by atoms with Gasteiger partial charge in [0.05, 0.1) is 5.92 Å². The lowest BCUT2D eigenvalue weighted by atomic mass is 9.90. The van der Waals surface area contributed by atoms with Gasteiger partial charge in [0, 0.05) is 24.6 Å². The van der Waals surface area contributed by atoms with E-state index in [1.54, 1.807) is 18.2 Å². The van der Waals surface area contributed by atoms with Crippen LogP contribution in [0.15, 0.2) is 33.6 Å². The van der Waals surface area contributed by atoms with Crippen LogP contribution in [0.5, 0.6) is 0 Å². The zero-order valence-corrected chi connectivity index (χ0v) is 18.8. The third kappa shape index (κ3) is 4.10. The van der Waals surface area contributed by atoms with Gasteiger partial charge in [0.15, 0.2) is 5.84 Å². The van der Waals surface area contributed by atoms with Crippen molar-refractivity contribution in [3.8, 4) is 0 Å². The number of hydrogen-bond acceptors (Lipinski definition) is 7. The summed E-state index contributed by atoms with van der Waals surface area (Å²) in [5, 5.41) is 13.0. The Balaban J connectivity index is 1.27. The zero-order chi connectivity index (χ0) is 21.4. The van der Waals surface area contributed by atoms with Crippen molar-refractivity contribution in [1.29, 1.82) is 0 Å². The van der Waals surface area contributed by atoms with Crippen LogP contribution in [0.4, 0.5) is 5.13 Å². The fourth-order valence-corrected chi connectivity index (χ4v) is 6.85. The lowest BCUT2D eigenvalue weighted by molar-refractivity contribution is -0.121. The molecule has 10 heteroatoms. The first-order chi connectivity index (χ1) is 15.0. The minimum absolute atomic E-state index is 0.0919. The average molecular weight is 460 g/mol. The van der Waals surface area contributed by atoms with Gasteiger partial charge >= 0.3 is 0 Å². The summed E-state index contributed by atoms with van der Waals surface area (Å²) in [6.07, 6.45) is 7.58. The number of sulfonamides is 1. The van der Waals surface area contributed by atoms with E-state index >= 15 is 0 Å². The average Bonchev–Trinajstić information content (AvgIpc) is 3.37. The van der Waals surface area contributed by atoms with Crippen molar-refractivity contribution in [2.45, 2.75) is 55.8 Å². The molecule has 0 radical (unpaired) electrons. The second-order valence-corrected chi connectivity index (χ2v) is 11.0. The molecular formula is C21H25N5O3S2. The fourth-order valence-electron chi connectivity index (χ4n) is 4.71. The first-order valence-electron chi connectivity index (χ1n) is 10.8. The van der Waals surface area contributed by atoms with E-state index in [1.165, 1.54) is 30.6 Å². The van der Waals surface area contributed by atoms with Gasteiger partial charge in [-0.2, -0.15) is 8.42 Å². The largest absolute Gasteiger partial charge is 0.355 e. The minimum atomic E-state index is -3.67. The van der Waals surface area contributed by atoms with Crippen molar-refractivity contribution < 1.29 is 13.2 Å². The van der Waals surface area contributed by atoms with Gasteiger partial charge in [0.1, 0.15) is 9.90 Å². The SMILES string of the molecule is O=C(Nc1nnc(C2CCCCC2)s1)[C@H]1CCCN(C2=NS(=O)(=O)c3ccccc32)C1. The van der Waals surface area contributed by atoms with Gasteiger partial charge in [0.25, 0.3) is 10.0 Å². The van der Waals surface area contributed by atoms with E-state index in [4.69, 9.17) is 0 Å². The highest BCUT2D eigenvalue weighted by Gasteiger charge is 2.35. The van der Waals surface area contributed by atoms with Gasteiger partial charge < -0.3 is 10.2 Å². The number of nitrogens with zero attached hydrogens (tertiary/aromatic N) is 4. The molecule has 2 fully saturated rings. The Bertz CT molecular complexity index is 1120. The highest BCUT2D eigenvalue weighted by Crippen LogP contribution is 2.35. The predicted molar refractivity (Wildman–Crippen MR) is 119 cm³/mol. The third-order valence-corrected chi connectivity index (χ3v) is 8.66. The number of piperidine rings is 1. The molecule has 1 saturated carbocycles. The van der Waals surface area contributed by atoms with Crippen LogP contribution in [0, 0.1) is 5.92 Å². The van der Waals surface area contributed by atoms with Crippen LogP contribution in [0.2, 0.25) is 0 Å². The summed E-state index contributed by atoms with van der Waals surface area (Å²) < 4.78 is 28.8. The first kappa shape index (κ1) is 20.6. The number of rotatable bonds is 3. The number of carbonyl (C=O) groups is 1. The number of nitrogens with one attached hydrogen (secondary N) is 1. The van der Waals surface area contributed by atoms with Crippen LogP contribution in [-0.2, 0) is 14.8 Å². The molecule has 5 rings (SSSR count). The second-order valence-electron chi connectivity index (χ2n) is 8.44. The van der Waals surface area contributed by atoms with Gasteiger partial charge in [-0.3, -0.25) is 4.79 Å².